The molecule has 2 aromatic rings. The van der Waals surface area contributed by atoms with Crippen LogP contribution >= 0.6 is 0 Å². The summed E-state index contributed by atoms with van der Waals surface area (Å²) in [5, 5.41) is 4.07. The molecular weight excluding hydrogens is 385 g/mol. The van der Waals surface area contributed by atoms with E-state index in [1.807, 2.05) is 17.9 Å². The standard InChI is InChI=1S/C22H30FN5O2/c1-18-16-20(24-30-18)17-26-10-8-25(9-11-26)7-6-22(29)28-14-12-27(13-15-28)21-4-2-19(23)3-5-21/h2-5,16H,6-15,17H2,1H3. The van der Waals surface area contributed by atoms with E-state index in [-0.39, 0.29) is 11.7 Å². The lowest BCUT2D eigenvalue weighted by Gasteiger charge is -2.37. The van der Waals surface area contributed by atoms with Crippen LogP contribution in [-0.2, 0) is 11.3 Å². The zero-order valence-electron chi connectivity index (χ0n) is 17.6. The van der Waals surface area contributed by atoms with Gasteiger partial charge in [0.1, 0.15) is 11.6 Å². The van der Waals surface area contributed by atoms with Gasteiger partial charge in [-0.05, 0) is 31.2 Å². The molecule has 30 heavy (non-hydrogen) atoms. The predicted octanol–water partition coefficient (Wildman–Crippen LogP) is 1.98. The molecule has 4 rings (SSSR count). The lowest BCUT2D eigenvalue weighted by molar-refractivity contribution is -0.131. The number of rotatable bonds is 6. The summed E-state index contributed by atoms with van der Waals surface area (Å²) < 4.78 is 18.2. The molecule has 0 aliphatic carbocycles. The lowest BCUT2D eigenvalue weighted by Crippen LogP contribution is -2.50. The van der Waals surface area contributed by atoms with Gasteiger partial charge in [0.05, 0.1) is 5.69 Å². The second-order valence-electron chi connectivity index (χ2n) is 8.14. The first-order chi connectivity index (χ1) is 14.6. The average molecular weight is 416 g/mol. The number of carbonyl (C=O) groups excluding carboxylic acids is 1. The van der Waals surface area contributed by atoms with Crippen molar-refractivity contribution in [2.45, 2.75) is 19.9 Å². The zero-order valence-corrected chi connectivity index (χ0v) is 17.6. The summed E-state index contributed by atoms with van der Waals surface area (Å²) in [7, 11) is 0. The third-order valence-electron chi connectivity index (χ3n) is 5.99. The largest absolute Gasteiger partial charge is 0.368 e. The summed E-state index contributed by atoms with van der Waals surface area (Å²) in [5.41, 5.74) is 2.00. The Labute approximate surface area is 177 Å². The van der Waals surface area contributed by atoms with Crippen LogP contribution in [0.3, 0.4) is 0 Å². The van der Waals surface area contributed by atoms with Crippen LogP contribution in [0.25, 0.3) is 0 Å². The Hall–Kier alpha value is -2.45. The summed E-state index contributed by atoms with van der Waals surface area (Å²) in [4.78, 5) is 21.6. The molecule has 0 atom stereocenters. The van der Waals surface area contributed by atoms with E-state index in [2.05, 4.69) is 19.9 Å². The molecule has 0 N–H and O–H groups in total. The highest BCUT2D eigenvalue weighted by atomic mass is 19.1. The van der Waals surface area contributed by atoms with E-state index < -0.39 is 0 Å². The maximum atomic E-state index is 13.1. The molecule has 3 heterocycles. The molecule has 1 aromatic heterocycles. The van der Waals surface area contributed by atoms with Crippen molar-refractivity contribution in [2.24, 2.45) is 0 Å². The Morgan fingerprint density at radius 1 is 1.00 bits per heavy atom. The normalized spacial score (nSPS) is 18.7. The maximum Gasteiger partial charge on any atom is 0.223 e. The van der Waals surface area contributed by atoms with Gasteiger partial charge in [0.2, 0.25) is 5.91 Å². The molecule has 0 saturated carbocycles. The van der Waals surface area contributed by atoms with Crippen LogP contribution in [-0.4, -0.2) is 84.7 Å². The van der Waals surface area contributed by atoms with Crippen LogP contribution < -0.4 is 4.90 Å². The summed E-state index contributed by atoms with van der Waals surface area (Å²) in [6.07, 6.45) is 0.568. The number of aryl methyl sites for hydroxylation is 1. The van der Waals surface area contributed by atoms with Crippen molar-refractivity contribution in [3.05, 3.63) is 47.6 Å². The van der Waals surface area contributed by atoms with Gasteiger partial charge in [-0.2, -0.15) is 0 Å². The summed E-state index contributed by atoms with van der Waals surface area (Å²) in [6, 6.07) is 8.56. The Morgan fingerprint density at radius 3 is 2.30 bits per heavy atom. The Balaban J connectivity index is 1.15. The molecule has 7 nitrogen and oxygen atoms in total. The van der Waals surface area contributed by atoms with E-state index >= 15 is 0 Å². The fourth-order valence-corrected chi connectivity index (χ4v) is 4.17. The Kier molecular flexibility index (Phi) is 6.64. The summed E-state index contributed by atoms with van der Waals surface area (Å²) >= 11 is 0. The number of carbonyl (C=O) groups is 1. The average Bonchev–Trinajstić information content (AvgIpc) is 3.18. The first-order valence-electron chi connectivity index (χ1n) is 10.7. The minimum atomic E-state index is -0.221. The highest BCUT2D eigenvalue weighted by Gasteiger charge is 2.23. The van der Waals surface area contributed by atoms with Gasteiger partial charge in [0.25, 0.3) is 0 Å². The van der Waals surface area contributed by atoms with E-state index in [9.17, 15) is 9.18 Å². The van der Waals surface area contributed by atoms with Gasteiger partial charge in [-0.3, -0.25) is 9.69 Å². The number of hydrogen-bond donors (Lipinski definition) is 0. The van der Waals surface area contributed by atoms with Crippen molar-refractivity contribution in [3.63, 3.8) is 0 Å². The molecule has 1 aromatic carbocycles. The van der Waals surface area contributed by atoms with Crippen LogP contribution in [0, 0.1) is 12.7 Å². The number of benzene rings is 1. The molecule has 8 heteroatoms. The quantitative estimate of drug-likeness (QED) is 0.719. The van der Waals surface area contributed by atoms with Crippen LogP contribution in [0.2, 0.25) is 0 Å². The summed E-state index contributed by atoms with van der Waals surface area (Å²) in [6.45, 7) is 10.5. The van der Waals surface area contributed by atoms with E-state index in [0.717, 1.165) is 82.6 Å². The van der Waals surface area contributed by atoms with Gasteiger partial charge >= 0.3 is 0 Å². The third-order valence-corrected chi connectivity index (χ3v) is 5.99. The van der Waals surface area contributed by atoms with Crippen molar-refractivity contribution >= 4 is 11.6 Å². The first kappa shape index (κ1) is 20.8. The van der Waals surface area contributed by atoms with Crippen molar-refractivity contribution in [1.82, 2.24) is 19.9 Å². The van der Waals surface area contributed by atoms with E-state index in [4.69, 9.17) is 4.52 Å². The molecular formula is C22H30FN5O2. The zero-order chi connectivity index (χ0) is 20.9. The summed E-state index contributed by atoms with van der Waals surface area (Å²) in [5.74, 6) is 0.858. The number of anilines is 1. The van der Waals surface area contributed by atoms with Crippen LogP contribution in [0.15, 0.2) is 34.9 Å². The SMILES string of the molecule is Cc1cc(CN2CCN(CCC(=O)N3CCN(c4ccc(F)cc4)CC3)CC2)no1. The Morgan fingerprint density at radius 2 is 1.67 bits per heavy atom. The number of nitrogens with zero attached hydrogens (tertiary/aromatic N) is 5. The predicted molar refractivity (Wildman–Crippen MR) is 113 cm³/mol. The lowest BCUT2D eigenvalue weighted by atomic mass is 10.2. The molecule has 0 unspecified atom stereocenters. The molecule has 0 spiro atoms. The number of amides is 1. The Bertz CT molecular complexity index is 824. The van der Waals surface area contributed by atoms with Crippen molar-refractivity contribution in [3.8, 4) is 0 Å². The van der Waals surface area contributed by atoms with E-state index in [1.165, 1.54) is 12.1 Å². The van der Waals surface area contributed by atoms with Gasteiger partial charge in [-0.15, -0.1) is 0 Å². The third kappa shape index (κ3) is 5.37. The minimum absolute atomic E-state index is 0.221. The second-order valence-corrected chi connectivity index (χ2v) is 8.14. The molecule has 162 valence electrons. The number of piperazine rings is 2. The molecule has 2 saturated heterocycles. The monoisotopic (exact) mass is 415 g/mol. The molecule has 2 aliphatic heterocycles. The van der Waals surface area contributed by atoms with Crippen molar-refractivity contribution < 1.29 is 13.7 Å². The number of hydrogen-bond acceptors (Lipinski definition) is 6. The van der Waals surface area contributed by atoms with Gasteiger partial charge in [-0.1, -0.05) is 5.16 Å². The van der Waals surface area contributed by atoms with Crippen LogP contribution in [0.1, 0.15) is 17.9 Å². The van der Waals surface area contributed by atoms with Crippen molar-refractivity contribution in [1.29, 1.82) is 0 Å². The van der Waals surface area contributed by atoms with Gasteiger partial charge in [0.15, 0.2) is 0 Å². The topological polar surface area (TPSA) is 56.1 Å². The maximum absolute atomic E-state index is 13.1. The van der Waals surface area contributed by atoms with Crippen molar-refractivity contribution in [2.75, 3.05) is 63.8 Å². The van der Waals surface area contributed by atoms with Gasteiger partial charge in [0, 0.05) is 83.6 Å². The van der Waals surface area contributed by atoms with Gasteiger partial charge < -0.3 is 19.2 Å². The minimum Gasteiger partial charge on any atom is -0.368 e. The highest BCUT2D eigenvalue weighted by Crippen LogP contribution is 2.17. The van der Waals surface area contributed by atoms with Crippen LogP contribution in [0.4, 0.5) is 10.1 Å². The van der Waals surface area contributed by atoms with E-state index in [0.29, 0.717) is 6.42 Å². The number of aromatic nitrogens is 1. The van der Waals surface area contributed by atoms with E-state index in [1.54, 1.807) is 12.1 Å². The molecule has 0 radical (unpaired) electrons. The fraction of sp³-hybridized carbons (Fsp3) is 0.545. The van der Waals surface area contributed by atoms with Gasteiger partial charge in [-0.25, -0.2) is 4.39 Å². The highest BCUT2D eigenvalue weighted by molar-refractivity contribution is 5.76. The molecule has 1 amide bonds. The molecule has 2 aliphatic rings. The molecule has 2 fully saturated rings. The second kappa shape index (κ2) is 9.57. The smallest absolute Gasteiger partial charge is 0.223 e. The number of halogens is 1. The fourth-order valence-electron chi connectivity index (χ4n) is 4.17. The first-order valence-corrected chi connectivity index (χ1v) is 10.7. The molecule has 0 bridgehead atoms. The van der Waals surface area contributed by atoms with Crippen LogP contribution in [0.5, 0.6) is 0 Å².